The van der Waals surface area contributed by atoms with Crippen molar-refractivity contribution in [2.45, 2.75) is 32.6 Å². The molecule has 0 bridgehead atoms. The first kappa shape index (κ1) is 13.9. The van der Waals surface area contributed by atoms with Gasteiger partial charge in [0.15, 0.2) is 5.13 Å². The fourth-order valence-electron chi connectivity index (χ4n) is 1.93. The molecule has 1 aromatic carbocycles. The van der Waals surface area contributed by atoms with Gasteiger partial charge in [0.25, 0.3) is 0 Å². The molecular formula is C14H16F2N2S. The lowest BCUT2D eigenvalue weighted by Crippen LogP contribution is -2.14. The Morgan fingerprint density at radius 2 is 1.95 bits per heavy atom. The molecule has 2 N–H and O–H groups in total. The molecule has 0 saturated heterocycles. The van der Waals surface area contributed by atoms with Crippen LogP contribution in [0.4, 0.5) is 13.9 Å². The van der Waals surface area contributed by atoms with Gasteiger partial charge >= 0.3 is 0 Å². The first-order valence-electron chi connectivity index (χ1n) is 5.97. The molecular weight excluding hydrogens is 266 g/mol. The molecule has 19 heavy (non-hydrogen) atoms. The van der Waals surface area contributed by atoms with Crippen LogP contribution in [0, 0.1) is 11.6 Å². The topological polar surface area (TPSA) is 38.9 Å². The second-order valence-corrected chi connectivity index (χ2v) is 6.60. The van der Waals surface area contributed by atoms with Crippen LogP contribution in [0.2, 0.25) is 0 Å². The summed E-state index contributed by atoms with van der Waals surface area (Å²) in [6.07, 6.45) is 0.311. The summed E-state index contributed by atoms with van der Waals surface area (Å²) >= 11 is 1.33. The Balaban J connectivity index is 2.41. The van der Waals surface area contributed by atoms with Gasteiger partial charge in [0.2, 0.25) is 0 Å². The lowest BCUT2D eigenvalue weighted by atomic mass is 9.90. The number of thiazole rings is 1. The Morgan fingerprint density at radius 3 is 2.58 bits per heavy atom. The van der Waals surface area contributed by atoms with E-state index in [1.807, 2.05) is 20.8 Å². The number of nitrogens with two attached hydrogens (primary N) is 1. The Bertz CT molecular complexity index is 600. The summed E-state index contributed by atoms with van der Waals surface area (Å²) in [7, 11) is 0. The number of anilines is 1. The van der Waals surface area contributed by atoms with E-state index in [-0.39, 0.29) is 5.41 Å². The van der Waals surface area contributed by atoms with Crippen LogP contribution in [0.1, 0.15) is 36.9 Å². The van der Waals surface area contributed by atoms with Crippen LogP contribution in [-0.4, -0.2) is 4.98 Å². The zero-order chi connectivity index (χ0) is 14.2. The Kier molecular flexibility index (Phi) is 3.58. The molecule has 2 nitrogen and oxygen atoms in total. The maximum atomic E-state index is 13.7. The van der Waals surface area contributed by atoms with Crippen molar-refractivity contribution < 1.29 is 8.78 Å². The standard InChI is InChI=1S/C14H16F2N2S/c1-14(2,3)12-11(19-13(17)18-12)7-8-6-9(15)4-5-10(8)16/h4-6H,7H2,1-3H3,(H2,17,18). The molecule has 2 aromatic rings. The Hall–Kier alpha value is -1.49. The van der Waals surface area contributed by atoms with Gasteiger partial charge in [-0.25, -0.2) is 13.8 Å². The van der Waals surface area contributed by atoms with Crippen LogP contribution in [-0.2, 0) is 11.8 Å². The SMILES string of the molecule is CC(C)(C)c1nc(N)sc1Cc1cc(F)ccc1F. The molecule has 1 heterocycles. The van der Waals surface area contributed by atoms with Crippen LogP contribution >= 0.6 is 11.3 Å². The molecule has 2 rings (SSSR count). The van der Waals surface area contributed by atoms with E-state index in [0.29, 0.717) is 17.1 Å². The number of nitrogens with zero attached hydrogens (tertiary/aromatic N) is 1. The second kappa shape index (κ2) is 4.89. The van der Waals surface area contributed by atoms with Gasteiger partial charge in [-0.1, -0.05) is 20.8 Å². The lowest BCUT2D eigenvalue weighted by molar-refractivity contribution is 0.564. The quantitative estimate of drug-likeness (QED) is 0.907. The van der Waals surface area contributed by atoms with E-state index >= 15 is 0 Å². The van der Waals surface area contributed by atoms with Crippen molar-refractivity contribution in [2.24, 2.45) is 0 Å². The minimum absolute atomic E-state index is 0.173. The highest BCUT2D eigenvalue weighted by Gasteiger charge is 2.23. The molecule has 0 aliphatic rings. The molecule has 5 heteroatoms. The van der Waals surface area contributed by atoms with Crippen LogP contribution in [0.5, 0.6) is 0 Å². The summed E-state index contributed by atoms with van der Waals surface area (Å²) in [5.74, 6) is -0.848. The van der Waals surface area contributed by atoms with Gasteiger partial charge in [-0.05, 0) is 23.8 Å². The third-order valence-electron chi connectivity index (χ3n) is 2.78. The van der Waals surface area contributed by atoms with E-state index in [1.54, 1.807) is 0 Å². The molecule has 0 aliphatic carbocycles. The van der Waals surface area contributed by atoms with Gasteiger partial charge < -0.3 is 5.73 Å². The Labute approximate surface area is 115 Å². The highest BCUT2D eigenvalue weighted by atomic mass is 32.1. The van der Waals surface area contributed by atoms with Gasteiger partial charge in [-0.2, -0.15) is 0 Å². The number of nitrogen functional groups attached to an aromatic ring is 1. The molecule has 0 spiro atoms. The van der Waals surface area contributed by atoms with Crippen LogP contribution in [0.15, 0.2) is 18.2 Å². The predicted molar refractivity (Wildman–Crippen MR) is 74.4 cm³/mol. The van der Waals surface area contributed by atoms with Gasteiger partial charge in [0, 0.05) is 16.7 Å². The summed E-state index contributed by atoms with van der Waals surface area (Å²) in [6, 6.07) is 3.48. The van der Waals surface area contributed by atoms with Gasteiger partial charge in [0.1, 0.15) is 11.6 Å². The number of hydrogen-bond acceptors (Lipinski definition) is 3. The minimum atomic E-state index is -0.439. The number of benzene rings is 1. The van der Waals surface area contributed by atoms with E-state index in [4.69, 9.17) is 5.73 Å². The number of hydrogen-bond donors (Lipinski definition) is 1. The first-order chi connectivity index (χ1) is 8.77. The van der Waals surface area contributed by atoms with Crippen molar-refractivity contribution >= 4 is 16.5 Å². The molecule has 0 saturated carbocycles. The normalized spacial score (nSPS) is 11.8. The summed E-state index contributed by atoms with van der Waals surface area (Å²) in [5.41, 5.74) is 6.74. The number of rotatable bonds is 2. The highest BCUT2D eigenvalue weighted by molar-refractivity contribution is 7.15. The van der Waals surface area contributed by atoms with Crippen LogP contribution in [0.25, 0.3) is 0 Å². The summed E-state index contributed by atoms with van der Waals surface area (Å²) in [5, 5.41) is 0.455. The summed E-state index contributed by atoms with van der Waals surface area (Å²) in [4.78, 5) is 5.19. The number of halogens is 2. The smallest absolute Gasteiger partial charge is 0.180 e. The van der Waals surface area contributed by atoms with Crippen molar-refractivity contribution in [3.05, 3.63) is 46.0 Å². The van der Waals surface area contributed by atoms with E-state index in [9.17, 15) is 8.78 Å². The predicted octanol–water partition coefficient (Wildman–Crippen LogP) is 3.89. The van der Waals surface area contributed by atoms with Crippen molar-refractivity contribution in [3.63, 3.8) is 0 Å². The molecule has 0 fully saturated rings. The lowest BCUT2D eigenvalue weighted by Gasteiger charge is -2.17. The molecule has 0 amide bonds. The monoisotopic (exact) mass is 282 g/mol. The molecule has 0 atom stereocenters. The fraction of sp³-hybridized carbons (Fsp3) is 0.357. The summed E-state index contributed by atoms with van der Waals surface area (Å²) in [6.45, 7) is 6.06. The van der Waals surface area contributed by atoms with Crippen molar-refractivity contribution in [2.75, 3.05) is 5.73 Å². The van der Waals surface area contributed by atoms with Crippen molar-refractivity contribution in [1.82, 2.24) is 4.98 Å². The third kappa shape index (κ3) is 3.10. The van der Waals surface area contributed by atoms with E-state index in [2.05, 4.69) is 4.98 Å². The van der Waals surface area contributed by atoms with Gasteiger partial charge in [0.05, 0.1) is 5.69 Å². The highest BCUT2D eigenvalue weighted by Crippen LogP contribution is 2.32. The van der Waals surface area contributed by atoms with Crippen molar-refractivity contribution in [3.8, 4) is 0 Å². The zero-order valence-corrected chi connectivity index (χ0v) is 11.9. The van der Waals surface area contributed by atoms with Crippen LogP contribution < -0.4 is 5.73 Å². The van der Waals surface area contributed by atoms with Gasteiger partial charge in [-0.3, -0.25) is 0 Å². The maximum Gasteiger partial charge on any atom is 0.180 e. The van der Waals surface area contributed by atoms with Crippen molar-refractivity contribution in [1.29, 1.82) is 0 Å². The number of aromatic nitrogens is 1. The molecule has 102 valence electrons. The zero-order valence-electron chi connectivity index (χ0n) is 11.1. The average molecular weight is 282 g/mol. The minimum Gasteiger partial charge on any atom is -0.375 e. The van der Waals surface area contributed by atoms with Crippen LogP contribution in [0.3, 0.4) is 0 Å². The van der Waals surface area contributed by atoms with E-state index < -0.39 is 11.6 Å². The molecule has 1 aromatic heterocycles. The Morgan fingerprint density at radius 1 is 1.26 bits per heavy atom. The third-order valence-corrected chi connectivity index (χ3v) is 3.67. The fourth-order valence-corrected chi connectivity index (χ4v) is 2.99. The molecule has 0 unspecified atom stereocenters. The second-order valence-electron chi connectivity index (χ2n) is 5.49. The first-order valence-corrected chi connectivity index (χ1v) is 6.78. The largest absolute Gasteiger partial charge is 0.375 e. The molecule has 0 aliphatic heterocycles. The van der Waals surface area contributed by atoms with E-state index in [1.165, 1.54) is 17.4 Å². The average Bonchev–Trinajstić information content (AvgIpc) is 2.65. The maximum absolute atomic E-state index is 13.7. The van der Waals surface area contributed by atoms with Gasteiger partial charge in [-0.15, -0.1) is 11.3 Å². The van der Waals surface area contributed by atoms with E-state index in [0.717, 1.165) is 22.7 Å². The summed E-state index contributed by atoms with van der Waals surface area (Å²) < 4.78 is 26.9. The molecule has 0 radical (unpaired) electrons.